The van der Waals surface area contributed by atoms with Gasteiger partial charge < -0.3 is 10.1 Å². The quantitative estimate of drug-likeness (QED) is 0.339. The summed E-state index contributed by atoms with van der Waals surface area (Å²) in [6.07, 6.45) is 2.58. The van der Waals surface area contributed by atoms with Crippen molar-refractivity contribution < 1.29 is 9.53 Å². The van der Waals surface area contributed by atoms with Gasteiger partial charge in [0.1, 0.15) is 5.51 Å². The Balaban J connectivity index is 1.34. The van der Waals surface area contributed by atoms with E-state index < -0.39 is 5.41 Å². The number of ether oxygens (including phenoxy) is 1. The molecule has 8 nitrogen and oxygen atoms in total. The second-order valence-corrected chi connectivity index (χ2v) is 11.4. The molecule has 2 aliphatic heterocycles. The molecule has 0 aliphatic carbocycles. The van der Waals surface area contributed by atoms with Crippen molar-refractivity contribution in [2.45, 2.75) is 46.1 Å². The molecular formula is C29H30N6O2S. The number of benzene rings is 1. The molecule has 1 N–H and O–H groups in total. The fourth-order valence-corrected chi connectivity index (χ4v) is 5.83. The zero-order valence-corrected chi connectivity index (χ0v) is 22.6. The van der Waals surface area contributed by atoms with Gasteiger partial charge in [-0.2, -0.15) is 0 Å². The average Bonchev–Trinajstić information content (AvgIpc) is 3.62. The van der Waals surface area contributed by atoms with Crippen LogP contribution >= 0.6 is 11.3 Å². The van der Waals surface area contributed by atoms with Gasteiger partial charge in [0.15, 0.2) is 0 Å². The zero-order valence-electron chi connectivity index (χ0n) is 21.8. The number of aromatic nitrogens is 4. The summed E-state index contributed by atoms with van der Waals surface area (Å²) in [5.74, 6) is 0.504. The van der Waals surface area contributed by atoms with Crippen molar-refractivity contribution in [2.24, 2.45) is 5.41 Å². The molecule has 4 aromatic rings. The Labute approximate surface area is 226 Å². The Kier molecular flexibility index (Phi) is 6.41. The van der Waals surface area contributed by atoms with Gasteiger partial charge in [0.2, 0.25) is 22.8 Å². The smallest absolute Gasteiger partial charge is 0.232 e. The molecule has 2 aliphatic rings. The van der Waals surface area contributed by atoms with E-state index >= 15 is 0 Å². The van der Waals surface area contributed by atoms with Gasteiger partial charge in [-0.05, 0) is 50.6 Å². The maximum absolute atomic E-state index is 13.5. The Morgan fingerprint density at radius 3 is 2.45 bits per heavy atom. The summed E-state index contributed by atoms with van der Waals surface area (Å²) in [5.41, 5.74) is 6.45. The van der Waals surface area contributed by atoms with E-state index in [1.54, 1.807) is 5.51 Å². The van der Waals surface area contributed by atoms with E-state index in [1.165, 1.54) is 42.8 Å². The molecule has 0 saturated carbocycles. The largest absolute Gasteiger partial charge is 0.420 e. The van der Waals surface area contributed by atoms with Crippen molar-refractivity contribution >= 4 is 22.4 Å². The lowest BCUT2D eigenvalue weighted by Gasteiger charge is -2.37. The Morgan fingerprint density at radius 2 is 1.74 bits per heavy atom. The van der Waals surface area contributed by atoms with Crippen molar-refractivity contribution in [3.63, 3.8) is 0 Å². The van der Waals surface area contributed by atoms with Crippen LogP contribution in [0.4, 0.5) is 5.13 Å². The lowest BCUT2D eigenvalue weighted by atomic mass is 9.70. The first-order chi connectivity index (χ1) is 18.4. The molecule has 1 aromatic carbocycles. The summed E-state index contributed by atoms with van der Waals surface area (Å²) < 4.78 is 6.26. The van der Waals surface area contributed by atoms with E-state index in [4.69, 9.17) is 9.72 Å². The lowest BCUT2D eigenvalue weighted by molar-refractivity contribution is -0.124. The number of anilines is 1. The number of nitrogens with one attached hydrogen (secondary N) is 1. The minimum absolute atomic E-state index is 0.156. The van der Waals surface area contributed by atoms with Crippen LogP contribution < -0.4 is 10.1 Å². The van der Waals surface area contributed by atoms with Crippen molar-refractivity contribution in [3.8, 4) is 23.0 Å². The van der Waals surface area contributed by atoms with Crippen LogP contribution in [-0.4, -0.2) is 44.1 Å². The normalized spacial score (nSPS) is 17.0. The minimum atomic E-state index is -0.851. The number of nitrogens with zero attached hydrogens (tertiary/aromatic N) is 5. The Bertz CT molecular complexity index is 1460. The number of carbonyl (C=O) groups excluding carboxylic acids is 1. The highest BCUT2D eigenvalue weighted by molar-refractivity contribution is 7.13. The van der Waals surface area contributed by atoms with Crippen LogP contribution in [0.2, 0.25) is 0 Å². The predicted molar refractivity (Wildman–Crippen MR) is 147 cm³/mol. The molecule has 194 valence electrons. The van der Waals surface area contributed by atoms with E-state index in [0.29, 0.717) is 16.9 Å². The average molecular weight is 527 g/mol. The molecule has 0 radical (unpaired) electrons. The summed E-state index contributed by atoms with van der Waals surface area (Å²) in [4.78, 5) is 25.6. The second-order valence-electron chi connectivity index (χ2n) is 10.6. The number of hydrogen-bond acceptors (Lipinski definition) is 8. The fraction of sp³-hybridized carbons (Fsp3) is 0.345. The first kappa shape index (κ1) is 24.6. The van der Waals surface area contributed by atoms with Crippen LogP contribution in [0.25, 0.3) is 11.3 Å². The molecule has 1 amide bonds. The van der Waals surface area contributed by atoms with Crippen LogP contribution in [0.3, 0.4) is 0 Å². The fourth-order valence-electron chi connectivity index (χ4n) is 5.39. The second kappa shape index (κ2) is 9.89. The zero-order chi connectivity index (χ0) is 26.3. The number of likely N-dealkylation sites (tertiary alicyclic amines) is 1. The van der Waals surface area contributed by atoms with Gasteiger partial charge in [0.05, 0.1) is 11.1 Å². The van der Waals surface area contributed by atoms with E-state index in [-0.39, 0.29) is 11.8 Å². The van der Waals surface area contributed by atoms with Crippen LogP contribution in [-0.2, 0) is 11.3 Å². The van der Waals surface area contributed by atoms with Crippen molar-refractivity contribution in [1.82, 2.24) is 25.1 Å². The molecule has 3 aromatic heterocycles. The monoisotopic (exact) mass is 526 g/mol. The van der Waals surface area contributed by atoms with E-state index in [1.807, 2.05) is 45.0 Å². The molecule has 1 saturated heterocycles. The third-order valence-electron chi connectivity index (χ3n) is 7.48. The van der Waals surface area contributed by atoms with Gasteiger partial charge in [-0.3, -0.25) is 9.69 Å². The highest BCUT2D eigenvalue weighted by Gasteiger charge is 2.45. The molecule has 0 spiro atoms. The number of aryl methyl sites for hydroxylation is 1. The number of amides is 1. The number of carbonyl (C=O) groups is 1. The Hall–Kier alpha value is -3.69. The molecule has 9 heteroatoms. The van der Waals surface area contributed by atoms with Crippen molar-refractivity contribution in [1.29, 1.82) is 0 Å². The molecule has 38 heavy (non-hydrogen) atoms. The summed E-state index contributed by atoms with van der Waals surface area (Å²) in [5, 5.41) is 11.2. The summed E-state index contributed by atoms with van der Waals surface area (Å²) in [7, 11) is 0. The SMILES string of the molecule is Cc1ccc2c(n1)Oc1nc(-c3ccc(CN4CCCC4)cc3)ccc1[C@H]2C(C)(C)C(=O)Nc1nncs1. The first-order valence-electron chi connectivity index (χ1n) is 12.9. The van der Waals surface area contributed by atoms with Gasteiger partial charge in [0.25, 0.3) is 0 Å². The van der Waals surface area contributed by atoms with Crippen LogP contribution in [0.5, 0.6) is 11.8 Å². The lowest BCUT2D eigenvalue weighted by Crippen LogP contribution is -2.38. The van der Waals surface area contributed by atoms with E-state index in [2.05, 4.69) is 49.7 Å². The molecular weight excluding hydrogens is 496 g/mol. The van der Waals surface area contributed by atoms with Crippen molar-refractivity contribution in [2.75, 3.05) is 18.4 Å². The van der Waals surface area contributed by atoms with Crippen LogP contribution in [0.15, 0.2) is 54.0 Å². The highest BCUT2D eigenvalue weighted by Crippen LogP contribution is 2.51. The molecule has 5 heterocycles. The third kappa shape index (κ3) is 4.68. The molecule has 1 atom stereocenters. The summed E-state index contributed by atoms with van der Waals surface area (Å²) in [6, 6.07) is 16.6. The van der Waals surface area contributed by atoms with E-state index in [0.717, 1.165) is 34.6 Å². The first-order valence-corrected chi connectivity index (χ1v) is 13.8. The number of hydrogen-bond donors (Lipinski definition) is 1. The number of fused-ring (bicyclic) bond motifs is 2. The maximum Gasteiger partial charge on any atom is 0.232 e. The van der Waals surface area contributed by atoms with Crippen LogP contribution in [0.1, 0.15) is 55.0 Å². The minimum Gasteiger partial charge on any atom is -0.420 e. The molecule has 0 bridgehead atoms. The van der Waals surface area contributed by atoms with Gasteiger partial charge in [-0.25, -0.2) is 9.97 Å². The van der Waals surface area contributed by atoms with Gasteiger partial charge in [-0.1, -0.05) is 61.6 Å². The van der Waals surface area contributed by atoms with Crippen molar-refractivity contribution in [3.05, 3.63) is 76.4 Å². The topological polar surface area (TPSA) is 93.1 Å². The van der Waals surface area contributed by atoms with Gasteiger partial charge in [-0.15, -0.1) is 10.2 Å². The molecule has 0 unspecified atom stereocenters. The highest BCUT2D eigenvalue weighted by atomic mass is 32.1. The summed E-state index contributed by atoms with van der Waals surface area (Å²) in [6.45, 7) is 9.13. The van der Waals surface area contributed by atoms with Crippen LogP contribution in [0, 0.1) is 12.3 Å². The summed E-state index contributed by atoms with van der Waals surface area (Å²) >= 11 is 1.29. The molecule has 1 fully saturated rings. The third-order valence-corrected chi connectivity index (χ3v) is 8.08. The van der Waals surface area contributed by atoms with Gasteiger partial charge >= 0.3 is 0 Å². The molecule has 6 rings (SSSR count). The van der Waals surface area contributed by atoms with E-state index in [9.17, 15) is 4.79 Å². The maximum atomic E-state index is 13.5. The standard InChI is InChI=1S/C29H30N6O2S/c1-18-6-11-21-24(29(2,3)27(36)33-28-34-30-17-38-28)22-12-13-23(32-26(22)37-25(21)31-18)20-9-7-19(8-10-20)16-35-14-4-5-15-35/h6-13,17,24H,4-5,14-16H2,1-3H3,(H,33,34,36)/t24-/m0/s1. The number of pyridine rings is 2. The number of rotatable bonds is 6. The predicted octanol–water partition coefficient (Wildman–Crippen LogP) is 5.80. The Morgan fingerprint density at radius 1 is 1.03 bits per heavy atom. The van der Waals surface area contributed by atoms with Gasteiger partial charge in [0, 0.05) is 34.8 Å².